The molecule has 108 valence electrons. The zero-order chi connectivity index (χ0) is 14.7. The van der Waals surface area contributed by atoms with Crippen LogP contribution in [0.1, 0.15) is 39.5 Å². The second-order valence-electron chi connectivity index (χ2n) is 5.57. The van der Waals surface area contributed by atoms with Crippen molar-refractivity contribution in [3.63, 3.8) is 0 Å². The maximum Gasteiger partial charge on any atom is 0.251 e. The average molecular weight is 280 g/mol. The third-order valence-corrected chi connectivity index (χ3v) is 4.01. The van der Waals surface area contributed by atoms with Crippen molar-refractivity contribution in [2.45, 2.75) is 25.3 Å². The molecule has 21 heavy (non-hydrogen) atoms. The van der Waals surface area contributed by atoms with E-state index in [0.29, 0.717) is 0 Å². The summed E-state index contributed by atoms with van der Waals surface area (Å²) >= 11 is 0. The predicted molar refractivity (Wildman–Crippen MR) is 84.2 cm³/mol. The van der Waals surface area contributed by atoms with Gasteiger partial charge in [0, 0.05) is 18.2 Å². The highest BCUT2D eigenvalue weighted by atomic mass is 16.1. The summed E-state index contributed by atoms with van der Waals surface area (Å²) in [4.78, 5) is 12.1. The Kier molecular flexibility index (Phi) is 4.02. The maximum absolute atomic E-state index is 12.1. The SMILES string of the molecule is NC(Cc1ccccc1)c1ccc2c(c1)C(=O)NCCC2. The van der Waals surface area contributed by atoms with Crippen LogP contribution in [0.2, 0.25) is 0 Å². The fraction of sp³-hybridized carbons (Fsp3) is 0.278. The number of nitrogens with one attached hydrogen (secondary N) is 1. The minimum Gasteiger partial charge on any atom is -0.352 e. The molecule has 0 bridgehead atoms. The normalized spacial score (nSPS) is 15.8. The zero-order valence-corrected chi connectivity index (χ0v) is 12.0. The maximum atomic E-state index is 12.1. The number of fused-ring (bicyclic) bond motifs is 1. The van der Waals surface area contributed by atoms with Crippen molar-refractivity contribution in [1.29, 1.82) is 0 Å². The minimum absolute atomic E-state index is 0.0243. The quantitative estimate of drug-likeness (QED) is 0.908. The number of hydrogen-bond donors (Lipinski definition) is 2. The first kappa shape index (κ1) is 13.8. The molecule has 0 aliphatic carbocycles. The van der Waals surface area contributed by atoms with Crippen LogP contribution in [0.15, 0.2) is 48.5 Å². The number of rotatable bonds is 3. The highest BCUT2D eigenvalue weighted by Gasteiger charge is 2.17. The van der Waals surface area contributed by atoms with Gasteiger partial charge in [-0.25, -0.2) is 0 Å². The summed E-state index contributed by atoms with van der Waals surface area (Å²) in [6.07, 6.45) is 2.72. The number of amides is 1. The number of carbonyl (C=O) groups excluding carboxylic acids is 1. The van der Waals surface area contributed by atoms with E-state index in [1.165, 1.54) is 5.56 Å². The fourth-order valence-electron chi connectivity index (χ4n) is 2.82. The van der Waals surface area contributed by atoms with E-state index in [1.807, 2.05) is 24.3 Å². The number of aryl methyl sites for hydroxylation is 1. The third kappa shape index (κ3) is 3.14. The van der Waals surface area contributed by atoms with E-state index < -0.39 is 0 Å². The van der Waals surface area contributed by atoms with Crippen LogP contribution in [-0.2, 0) is 12.8 Å². The Hall–Kier alpha value is -2.13. The van der Waals surface area contributed by atoms with E-state index >= 15 is 0 Å². The molecule has 0 saturated carbocycles. The monoisotopic (exact) mass is 280 g/mol. The number of carbonyl (C=O) groups is 1. The molecule has 0 aromatic heterocycles. The Balaban J connectivity index is 1.84. The van der Waals surface area contributed by atoms with Gasteiger partial charge in [0.25, 0.3) is 5.91 Å². The van der Waals surface area contributed by atoms with E-state index in [1.54, 1.807) is 0 Å². The molecule has 0 radical (unpaired) electrons. The molecule has 2 aromatic carbocycles. The zero-order valence-electron chi connectivity index (χ0n) is 12.0. The summed E-state index contributed by atoms with van der Waals surface area (Å²) in [7, 11) is 0. The molecule has 3 nitrogen and oxygen atoms in total. The molecular weight excluding hydrogens is 260 g/mol. The van der Waals surface area contributed by atoms with Gasteiger partial charge in [0.15, 0.2) is 0 Å². The van der Waals surface area contributed by atoms with Crippen LogP contribution < -0.4 is 11.1 Å². The molecular formula is C18H20N2O. The second-order valence-corrected chi connectivity index (χ2v) is 5.57. The smallest absolute Gasteiger partial charge is 0.251 e. The van der Waals surface area contributed by atoms with E-state index in [-0.39, 0.29) is 11.9 Å². The first-order valence-electron chi connectivity index (χ1n) is 7.44. The van der Waals surface area contributed by atoms with Crippen molar-refractivity contribution in [2.75, 3.05) is 6.54 Å². The standard InChI is InChI=1S/C18H20N2O/c19-17(11-13-5-2-1-3-6-13)15-9-8-14-7-4-10-20-18(21)16(14)12-15/h1-3,5-6,8-9,12,17H,4,7,10-11,19H2,(H,20,21). The van der Waals surface area contributed by atoms with Gasteiger partial charge < -0.3 is 11.1 Å². The molecule has 3 N–H and O–H groups in total. The number of hydrogen-bond acceptors (Lipinski definition) is 2. The molecule has 2 aromatic rings. The lowest BCUT2D eigenvalue weighted by Gasteiger charge is -2.14. The molecule has 1 unspecified atom stereocenters. The summed E-state index contributed by atoms with van der Waals surface area (Å²) in [6.45, 7) is 0.749. The molecule has 3 rings (SSSR count). The van der Waals surface area contributed by atoms with Gasteiger partial charge >= 0.3 is 0 Å². The number of nitrogens with two attached hydrogens (primary N) is 1. The van der Waals surface area contributed by atoms with E-state index in [4.69, 9.17) is 5.73 Å². The van der Waals surface area contributed by atoms with Crippen LogP contribution in [0.5, 0.6) is 0 Å². The van der Waals surface area contributed by atoms with Crippen LogP contribution in [0.25, 0.3) is 0 Å². The summed E-state index contributed by atoms with van der Waals surface area (Å²) in [5, 5.41) is 2.94. The van der Waals surface area contributed by atoms with Gasteiger partial charge in [-0.15, -0.1) is 0 Å². The summed E-state index contributed by atoms with van der Waals surface area (Å²) < 4.78 is 0. The molecule has 1 aliphatic rings. The van der Waals surface area contributed by atoms with Gasteiger partial charge in [0.1, 0.15) is 0 Å². The van der Waals surface area contributed by atoms with Crippen molar-refractivity contribution >= 4 is 5.91 Å². The lowest BCUT2D eigenvalue weighted by Crippen LogP contribution is -2.23. The molecule has 0 spiro atoms. The molecule has 3 heteroatoms. The molecule has 1 atom stereocenters. The van der Waals surface area contributed by atoms with Crippen LogP contribution in [-0.4, -0.2) is 12.5 Å². The van der Waals surface area contributed by atoms with E-state index in [9.17, 15) is 4.79 Å². The second kappa shape index (κ2) is 6.10. The van der Waals surface area contributed by atoms with Gasteiger partial charge in [-0.3, -0.25) is 4.79 Å². The van der Waals surface area contributed by atoms with Crippen molar-refractivity contribution in [3.05, 3.63) is 70.8 Å². The Morgan fingerprint density at radius 3 is 2.76 bits per heavy atom. The highest BCUT2D eigenvalue weighted by molar-refractivity contribution is 5.96. The van der Waals surface area contributed by atoms with Crippen molar-refractivity contribution < 1.29 is 4.79 Å². The van der Waals surface area contributed by atoms with Gasteiger partial charge in [0.2, 0.25) is 0 Å². The average Bonchev–Trinajstić information content (AvgIpc) is 2.70. The summed E-state index contributed by atoms with van der Waals surface area (Å²) in [6, 6.07) is 16.2. The van der Waals surface area contributed by atoms with Crippen molar-refractivity contribution in [2.24, 2.45) is 5.73 Å². The molecule has 1 heterocycles. The summed E-state index contributed by atoms with van der Waals surface area (Å²) in [5.74, 6) is 0.0243. The molecule has 0 saturated heterocycles. The van der Waals surface area contributed by atoms with Gasteiger partial charge in [0.05, 0.1) is 0 Å². The lowest BCUT2D eigenvalue weighted by molar-refractivity contribution is 0.0956. The summed E-state index contributed by atoms with van der Waals surface area (Å²) in [5.41, 5.74) is 10.5. The topological polar surface area (TPSA) is 55.1 Å². The third-order valence-electron chi connectivity index (χ3n) is 4.01. The Morgan fingerprint density at radius 1 is 1.14 bits per heavy atom. The molecule has 1 amide bonds. The molecule has 1 aliphatic heterocycles. The lowest BCUT2D eigenvalue weighted by atomic mass is 9.94. The van der Waals surface area contributed by atoms with Crippen LogP contribution in [0.4, 0.5) is 0 Å². The first-order valence-corrected chi connectivity index (χ1v) is 7.44. The Morgan fingerprint density at radius 2 is 1.95 bits per heavy atom. The molecule has 0 fully saturated rings. The highest BCUT2D eigenvalue weighted by Crippen LogP contribution is 2.22. The van der Waals surface area contributed by atoms with E-state index in [2.05, 4.69) is 29.6 Å². The van der Waals surface area contributed by atoms with Gasteiger partial charge in [-0.2, -0.15) is 0 Å². The largest absolute Gasteiger partial charge is 0.352 e. The number of benzene rings is 2. The fourth-order valence-corrected chi connectivity index (χ4v) is 2.82. The van der Waals surface area contributed by atoms with Crippen LogP contribution in [0, 0.1) is 0 Å². The first-order chi connectivity index (χ1) is 10.2. The van der Waals surface area contributed by atoms with E-state index in [0.717, 1.165) is 42.5 Å². The van der Waals surface area contributed by atoms with Gasteiger partial charge in [-0.1, -0.05) is 42.5 Å². The van der Waals surface area contributed by atoms with Crippen molar-refractivity contribution in [1.82, 2.24) is 5.32 Å². The van der Waals surface area contributed by atoms with Crippen LogP contribution in [0.3, 0.4) is 0 Å². The predicted octanol–water partition coefficient (Wildman–Crippen LogP) is 2.61. The Bertz CT molecular complexity index is 637. The Labute approximate surface area is 125 Å². The van der Waals surface area contributed by atoms with Crippen molar-refractivity contribution in [3.8, 4) is 0 Å². The van der Waals surface area contributed by atoms with Crippen LogP contribution >= 0.6 is 0 Å². The minimum atomic E-state index is -0.0891. The van der Waals surface area contributed by atoms with Gasteiger partial charge in [-0.05, 0) is 42.0 Å².